The monoisotopic (exact) mass is 250 g/mol. The van der Waals surface area contributed by atoms with Gasteiger partial charge in [0, 0.05) is 12.6 Å². The summed E-state index contributed by atoms with van der Waals surface area (Å²) in [6, 6.07) is 10.3. The summed E-state index contributed by atoms with van der Waals surface area (Å²) in [5.74, 6) is 0. The molecule has 0 saturated carbocycles. The van der Waals surface area contributed by atoms with Crippen molar-refractivity contribution in [2.45, 2.75) is 37.9 Å². The highest BCUT2D eigenvalue weighted by molar-refractivity contribution is 5.15. The molecule has 1 rings (SSSR count). The summed E-state index contributed by atoms with van der Waals surface area (Å²) in [5, 5.41) is 3.37. The number of rotatable bonds is 8. The van der Waals surface area contributed by atoms with Crippen molar-refractivity contribution in [2.24, 2.45) is 17.2 Å². The fraction of sp³-hybridized carbons (Fsp3) is 0.571. The van der Waals surface area contributed by atoms with Crippen LogP contribution in [-0.2, 0) is 6.42 Å². The molecule has 2 atom stereocenters. The summed E-state index contributed by atoms with van der Waals surface area (Å²) < 4.78 is 0. The van der Waals surface area contributed by atoms with E-state index < -0.39 is 5.66 Å². The van der Waals surface area contributed by atoms with E-state index in [1.165, 1.54) is 5.56 Å². The molecule has 0 radical (unpaired) electrons. The fourth-order valence-electron chi connectivity index (χ4n) is 2.09. The molecule has 4 nitrogen and oxygen atoms in total. The SMILES string of the molecule is CCC(N)C(N)(CCN)NCCc1ccccc1. The second kappa shape index (κ2) is 7.48. The van der Waals surface area contributed by atoms with E-state index in [9.17, 15) is 0 Å². The van der Waals surface area contributed by atoms with Crippen LogP contribution in [0.4, 0.5) is 0 Å². The zero-order valence-corrected chi connectivity index (χ0v) is 11.2. The normalized spacial score (nSPS) is 16.2. The van der Waals surface area contributed by atoms with E-state index in [0.29, 0.717) is 13.0 Å². The van der Waals surface area contributed by atoms with Crippen LogP contribution in [0, 0.1) is 0 Å². The Hall–Kier alpha value is -0.940. The van der Waals surface area contributed by atoms with E-state index >= 15 is 0 Å². The van der Waals surface area contributed by atoms with Crippen molar-refractivity contribution < 1.29 is 0 Å². The van der Waals surface area contributed by atoms with Gasteiger partial charge in [0.05, 0.1) is 5.66 Å². The van der Waals surface area contributed by atoms with Gasteiger partial charge in [0.2, 0.25) is 0 Å². The third kappa shape index (κ3) is 4.38. The average Bonchev–Trinajstić information content (AvgIpc) is 2.39. The van der Waals surface area contributed by atoms with E-state index in [4.69, 9.17) is 17.2 Å². The molecule has 2 unspecified atom stereocenters. The molecule has 0 bridgehead atoms. The molecule has 1 aromatic carbocycles. The predicted molar refractivity (Wildman–Crippen MR) is 77.0 cm³/mol. The Balaban J connectivity index is 2.47. The van der Waals surface area contributed by atoms with Crippen LogP contribution < -0.4 is 22.5 Å². The molecule has 102 valence electrons. The van der Waals surface area contributed by atoms with Gasteiger partial charge >= 0.3 is 0 Å². The molecule has 0 aliphatic rings. The molecular formula is C14H26N4. The molecule has 0 saturated heterocycles. The summed E-state index contributed by atoms with van der Waals surface area (Å²) in [6.45, 7) is 3.40. The lowest BCUT2D eigenvalue weighted by molar-refractivity contribution is 0.254. The number of nitrogens with two attached hydrogens (primary N) is 3. The maximum absolute atomic E-state index is 6.31. The Morgan fingerprint density at radius 2 is 1.94 bits per heavy atom. The maximum Gasteiger partial charge on any atom is 0.0829 e. The molecule has 0 spiro atoms. The topological polar surface area (TPSA) is 90.1 Å². The lowest BCUT2D eigenvalue weighted by Crippen LogP contribution is -2.65. The van der Waals surface area contributed by atoms with Gasteiger partial charge in [-0.05, 0) is 31.4 Å². The second-order valence-electron chi connectivity index (χ2n) is 4.76. The van der Waals surface area contributed by atoms with E-state index in [0.717, 1.165) is 19.4 Å². The van der Waals surface area contributed by atoms with E-state index in [1.54, 1.807) is 0 Å². The van der Waals surface area contributed by atoms with Gasteiger partial charge < -0.3 is 17.2 Å². The predicted octanol–water partition coefficient (Wildman–Crippen LogP) is 0.560. The molecule has 0 fully saturated rings. The van der Waals surface area contributed by atoms with Crippen LogP contribution in [0.3, 0.4) is 0 Å². The van der Waals surface area contributed by atoms with Crippen molar-refractivity contribution in [1.29, 1.82) is 0 Å². The van der Waals surface area contributed by atoms with Crippen LogP contribution in [0.5, 0.6) is 0 Å². The van der Waals surface area contributed by atoms with Crippen molar-refractivity contribution in [2.75, 3.05) is 13.1 Å². The van der Waals surface area contributed by atoms with Crippen molar-refractivity contribution in [3.05, 3.63) is 35.9 Å². The highest BCUT2D eigenvalue weighted by atomic mass is 15.1. The first kappa shape index (κ1) is 15.1. The first-order valence-corrected chi connectivity index (χ1v) is 6.66. The van der Waals surface area contributed by atoms with Gasteiger partial charge in [-0.2, -0.15) is 0 Å². The molecular weight excluding hydrogens is 224 g/mol. The molecule has 1 aromatic rings. The summed E-state index contributed by atoms with van der Waals surface area (Å²) in [5.41, 5.74) is 18.7. The lowest BCUT2D eigenvalue weighted by Gasteiger charge is -2.36. The molecule has 18 heavy (non-hydrogen) atoms. The minimum atomic E-state index is -0.557. The Labute approximate surface area is 110 Å². The number of benzene rings is 1. The van der Waals surface area contributed by atoms with E-state index in [2.05, 4.69) is 17.4 Å². The zero-order chi connectivity index (χ0) is 13.4. The van der Waals surface area contributed by atoms with Crippen molar-refractivity contribution in [3.8, 4) is 0 Å². The Morgan fingerprint density at radius 3 is 2.50 bits per heavy atom. The highest BCUT2D eigenvalue weighted by Gasteiger charge is 2.29. The summed E-state index contributed by atoms with van der Waals surface area (Å²) >= 11 is 0. The Bertz CT molecular complexity index is 328. The van der Waals surface area contributed by atoms with Crippen molar-refractivity contribution in [3.63, 3.8) is 0 Å². The molecule has 0 amide bonds. The molecule has 0 aromatic heterocycles. The van der Waals surface area contributed by atoms with Crippen LogP contribution in [0.25, 0.3) is 0 Å². The Kier molecular flexibility index (Phi) is 6.29. The quantitative estimate of drug-likeness (QED) is 0.507. The lowest BCUT2D eigenvalue weighted by atomic mass is 9.95. The Morgan fingerprint density at radius 1 is 1.28 bits per heavy atom. The van der Waals surface area contributed by atoms with Gasteiger partial charge in [0.25, 0.3) is 0 Å². The smallest absolute Gasteiger partial charge is 0.0829 e. The standard InChI is InChI=1S/C14H26N4/c1-2-13(16)14(17,9-10-15)18-11-8-12-6-4-3-5-7-12/h3-7,13,18H,2,8-11,15-17H2,1H3. The van der Waals surface area contributed by atoms with Gasteiger partial charge in [-0.1, -0.05) is 37.3 Å². The molecule has 0 aliphatic carbocycles. The summed E-state index contributed by atoms with van der Waals surface area (Å²) in [6.07, 6.45) is 2.48. The molecule has 0 aliphatic heterocycles. The van der Waals surface area contributed by atoms with Crippen LogP contribution in [0.15, 0.2) is 30.3 Å². The van der Waals surface area contributed by atoms with Crippen molar-refractivity contribution >= 4 is 0 Å². The van der Waals surface area contributed by atoms with Gasteiger partial charge in [-0.25, -0.2) is 0 Å². The molecule has 7 N–H and O–H groups in total. The minimum Gasteiger partial charge on any atom is -0.330 e. The first-order valence-electron chi connectivity index (χ1n) is 6.66. The number of hydrogen-bond acceptors (Lipinski definition) is 4. The van der Waals surface area contributed by atoms with Crippen LogP contribution in [0.1, 0.15) is 25.3 Å². The van der Waals surface area contributed by atoms with Gasteiger partial charge in [0.1, 0.15) is 0 Å². The van der Waals surface area contributed by atoms with Gasteiger partial charge in [-0.3, -0.25) is 5.32 Å². The van der Waals surface area contributed by atoms with E-state index in [-0.39, 0.29) is 6.04 Å². The third-order valence-electron chi connectivity index (χ3n) is 3.37. The van der Waals surface area contributed by atoms with Crippen molar-refractivity contribution in [1.82, 2.24) is 5.32 Å². The molecule has 0 heterocycles. The number of hydrogen-bond donors (Lipinski definition) is 4. The van der Waals surface area contributed by atoms with Crippen LogP contribution in [-0.4, -0.2) is 24.8 Å². The zero-order valence-electron chi connectivity index (χ0n) is 11.2. The highest BCUT2D eigenvalue weighted by Crippen LogP contribution is 2.09. The molecule has 4 heteroatoms. The average molecular weight is 250 g/mol. The minimum absolute atomic E-state index is 0.0724. The maximum atomic E-state index is 6.31. The second-order valence-corrected chi connectivity index (χ2v) is 4.76. The summed E-state index contributed by atoms with van der Waals surface area (Å²) in [4.78, 5) is 0. The summed E-state index contributed by atoms with van der Waals surface area (Å²) in [7, 11) is 0. The largest absolute Gasteiger partial charge is 0.330 e. The van der Waals surface area contributed by atoms with Crippen LogP contribution in [0.2, 0.25) is 0 Å². The van der Waals surface area contributed by atoms with Gasteiger partial charge in [0.15, 0.2) is 0 Å². The third-order valence-corrected chi connectivity index (χ3v) is 3.37. The fourth-order valence-corrected chi connectivity index (χ4v) is 2.09. The first-order chi connectivity index (χ1) is 8.62. The van der Waals surface area contributed by atoms with E-state index in [1.807, 2.05) is 25.1 Å². The van der Waals surface area contributed by atoms with Crippen LogP contribution >= 0.6 is 0 Å². The van der Waals surface area contributed by atoms with Gasteiger partial charge in [-0.15, -0.1) is 0 Å². The number of nitrogens with one attached hydrogen (secondary N) is 1.